The van der Waals surface area contributed by atoms with Crippen molar-refractivity contribution in [2.45, 2.75) is 38.1 Å². The van der Waals surface area contributed by atoms with E-state index in [1.165, 1.54) is 32.1 Å². The van der Waals surface area contributed by atoms with Crippen molar-refractivity contribution < 1.29 is 9.47 Å². The molecule has 0 radical (unpaired) electrons. The van der Waals surface area contributed by atoms with Gasteiger partial charge in [0, 0.05) is 32.2 Å². The van der Waals surface area contributed by atoms with Crippen LogP contribution in [0.25, 0.3) is 0 Å². The number of piperazine rings is 1. The first-order valence-electron chi connectivity index (χ1n) is 8.13. The molecule has 2 heterocycles. The summed E-state index contributed by atoms with van der Waals surface area (Å²) >= 11 is 0. The number of hydrogen-bond acceptors (Lipinski definition) is 7. The van der Waals surface area contributed by atoms with E-state index in [-0.39, 0.29) is 0 Å². The predicted molar refractivity (Wildman–Crippen MR) is 83.6 cm³/mol. The van der Waals surface area contributed by atoms with Crippen molar-refractivity contribution in [2.24, 2.45) is 0 Å². The Kier molecular flexibility index (Phi) is 4.92. The highest BCUT2D eigenvalue weighted by molar-refractivity contribution is 5.33. The van der Waals surface area contributed by atoms with Crippen LogP contribution in [0.4, 0.5) is 5.95 Å². The van der Waals surface area contributed by atoms with Crippen molar-refractivity contribution in [3.8, 4) is 12.0 Å². The smallest absolute Gasteiger partial charge is 0.324 e. The summed E-state index contributed by atoms with van der Waals surface area (Å²) in [5, 5.41) is 0. The van der Waals surface area contributed by atoms with Crippen LogP contribution < -0.4 is 14.4 Å². The molecule has 0 amide bonds. The standard InChI is InChI=1S/C15H25N5O2/c1-21-14-16-13(17-15(18-14)22-2)20-10-8-19(9-11-20)12-6-4-3-5-7-12/h12H,3-11H2,1-2H3. The monoisotopic (exact) mass is 307 g/mol. The van der Waals surface area contributed by atoms with Crippen molar-refractivity contribution in [1.29, 1.82) is 0 Å². The Labute approximate surface area is 131 Å². The summed E-state index contributed by atoms with van der Waals surface area (Å²) in [4.78, 5) is 17.6. The Balaban J connectivity index is 1.63. The van der Waals surface area contributed by atoms with E-state index < -0.39 is 0 Å². The Morgan fingerprint density at radius 2 is 1.41 bits per heavy atom. The lowest BCUT2D eigenvalue weighted by Gasteiger charge is -2.40. The second-order valence-corrected chi connectivity index (χ2v) is 5.92. The highest BCUT2D eigenvalue weighted by Crippen LogP contribution is 2.24. The molecule has 1 saturated heterocycles. The molecule has 1 aliphatic carbocycles. The van der Waals surface area contributed by atoms with Gasteiger partial charge in [-0.3, -0.25) is 4.90 Å². The summed E-state index contributed by atoms with van der Waals surface area (Å²) < 4.78 is 10.3. The zero-order valence-corrected chi connectivity index (χ0v) is 13.5. The minimum absolute atomic E-state index is 0.302. The number of ether oxygens (including phenoxy) is 2. The molecule has 0 N–H and O–H groups in total. The van der Waals surface area contributed by atoms with E-state index in [0.717, 1.165) is 32.2 Å². The molecule has 1 aliphatic heterocycles. The highest BCUT2D eigenvalue weighted by Gasteiger charge is 2.26. The molecule has 0 unspecified atom stereocenters. The second kappa shape index (κ2) is 7.09. The number of aromatic nitrogens is 3. The lowest BCUT2D eigenvalue weighted by Crippen LogP contribution is -2.51. The van der Waals surface area contributed by atoms with Gasteiger partial charge >= 0.3 is 12.0 Å². The normalized spacial score (nSPS) is 20.9. The molecule has 0 atom stereocenters. The fourth-order valence-electron chi connectivity index (χ4n) is 3.39. The molecule has 0 bridgehead atoms. The van der Waals surface area contributed by atoms with Crippen LogP contribution in [0.2, 0.25) is 0 Å². The van der Waals surface area contributed by atoms with Crippen molar-refractivity contribution in [1.82, 2.24) is 19.9 Å². The van der Waals surface area contributed by atoms with Crippen LogP contribution in [0, 0.1) is 0 Å². The molecule has 22 heavy (non-hydrogen) atoms. The molecular weight excluding hydrogens is 282 g/mol. The number of rotatable bonds is 4. The third-order valence-electron chi connectivity index (χ3n) is 4.64. The molecule has 3 rings (SSSR count). The van der Waals surface area contributed by atoms with Crippen LogP contribution in [0.15, 0.2) is 0 Å². The molecule has 2 fully saturated rings. The summed E-state index contributed by atoms with van der Waals surface area (Å²) in [5.74, 6) is 0.645. The zero-order valence-electron chi connectivity index (χ0n) is 13.5. The average Bonchev–Trinajstić information content (AvgIpc) is 2.62. The van der Waals surface area contributed by atoms with Crippen molar-refractivity contribution in [3.05, 3.63) is 0 Å². The van der Waals surface area contributed by atoms with E-state index in [9.17, 15) is 0 Å². The van der Waals surface area contributed by atoms with Gasteiger partial charge in [-0.15, -0.1) is 4.98 Å². The largest absolute Gasteiger partial charge is 0.467 e. The van der Waals surface area contributed by atoms with Gasteiger partial charge in [-0.2, -0.15) is 9.97 Å². The zero-order chi connectivity index (χ0) is 15.4. The molecule has 2 aliphatic rings. The molecule has 0 aromatic carbocycles. The molecular formula is C15H25N5O2. The van der Waals surface area contributed by atoms with E-state index in [0.29, 0.717) is 18.0 Å². The maximum atomic E-state index is 5.13. The first-order chi connectivity index (χ1) is 10.8. The van der Waals surface area contributed by atoms with Gasteiger partial charge in [0.1, 0.15) is 0 Å². The number of methoxy groups -OCH3 is 2. The highest BCUT2D eigenvalue weighted by atomic mass is 16.5. The fourth-order valence-corrected chi connectivity index (χ4v) is 3.39. The van der Waals surface area contributed by atoms with Crippen LogP contribution in [-0.4, -0.2) is 66.3 Å². The quantitative estimate of drug-likeness (QED) is 0.832. The Bertz CT molecular complexity index is 463. The van der Waals surface area contributed by atoms with Crippen LogP contribution >= 0.6 is 0 Å². The van der Waals surface area contributed by atoms with Crippen LogP contribution in [-0.2, 0) is 0 Å². The summed E-state index contributed by atoms with van der Waals surface area (Å²) in [6, 6.07) is 1.38. The van der Waals surface area contributed by atoms with Gasteiger partial charge in [0.05, 0.1) is 14.2 Å². The summed E-state index contributed by atoms with van der Waals surface area (Å²) in [6.07, 6.45) is 6.88. The van der Waals surface area contributed by atoms with Crippen LogP contribution in [0.1, 0.15) is 32.1 Å². The topological polar surface area (TPSA) is 63.6 Å². The molecule has 1 saturated carbocycles. The molecule has 122 valence electrons. The number of anilines is 1. The van der Waals surface area contributed by atoms with Gasteiger partial charge in [0.25, 0.3) is 0 Å². The third-order valence-corrected chi connectivity index (χ3v) is 4.64. The summed E-state index contributed by atoms with van der Waals surface area (Å²) in [6.45, 7) is 4.02. The minimum Gasteiger partial charge on any atom is -0.467 e. The van der Waals surface area contributed by atoms with Gasteiger partial charge in [-0.05, 0) is 12.8 Å². The Hall–Kier alpha value is -1.63. The van der Waals surface area contributed by atoms with Crippen molar-refractivity contribution in [3.63, 3.8) is 0 Å². The fraction of sp³-hybridized carbons (Fsp3) is 0.800. The molecule has 7 heteroatoms. The predicted octanol–water partition coefficient (Wildman–Crippen LogP) is 1.34. The first-order valence-corrected chi connectivity index (χ1v) is 8.13. The van der Waals surface area contributed by atoms with E-state index in [1.54, 1.807) is 14.2 Å². The van der Waals surface area contributed by atoms with Crippen molar-refractivity contribution >= 4 is 5.95 Å². The minimum atomic E-state index is 0.302. The van der Waals surface area contributed by atoms with E-state index >= 15 is 0 Å². The average molecular weight is 307 g/mol. The van der Waals surface area contributed by atoms with Crippen LogP contribution in [0.5, 0.6) is 12.0 Å². The maximum Gasteiger partial charge on any atom is 0.324 e. The van der Waals surface area contributed by atoms with Crippen molar-refractivity contribution in [2.75, 3.05) is 45.3 Å². The van der Waals surface area contributed by atoms with Gasteiger partial charge in [0.15, 0.2) is 0 Å². The molecule has 1 aromatic heterocycles. The van der Waals surface area contributed by atoms with Gasteiger partial charge in [0.2, 0.25) is 5.95 Å². The second-order valence-electron chi connectivity index (χ2n) is 5.92. The maximum absolute atomic E-state index is 5.13. The van der Waals surface area contributed by atoms with E-state index in [2.05, 4.69) is 24.8 Å². The van der Waals surface area contributed by atoms with Gasteiger partial charge in [-0.25, -0.2) is 0 Å². The first kappa shape index (κ1) is 15.3. The van der Waals surface area contributed by atoms with E-state index in [4.69, 9.17) is 9.47 Å². The van der Waals surface area contributed by atoms with E-state index in [1.807, 2.05) is 0 Å². The molecule has 7 nitrogen and oxygen atoms in total. The lowest BCUT2D eigenvalue weighted by atomic mass is 9.94. The lowest BCUT2D eigenvalue weighted by molar-refractivity contribution is 0.147. The molecule has 1 aromatic rings. The number of hydrogen-bond donors (Lipinski definition) is 0. The molecule has 0 spiro atoms. The summed E-state index contributed by atoms with van der Waals surface area (Å²) in [5.41, 5.74) is 0. The Morgan fingerprint density at radius 3 is 1.95 bits per heavy atom. The van der Waals surface area contributed by atoms with Gasteiger partial charge in [-0.1, -0.05) is 19.3 Å². The Morgan fingerprint density at radius 1 is 0.818 bits per heavy atom. The van der Waals surface area contributed by atoms with Gasteiger partial charge < -0.3 is 14.4 Å². The number of nitrogens with zero attached hydrogens (tertiary/aromatic N) is 5. The van der Waals surface area contributed by atoms with Crippen LogP contribution in [0.3, 0.4) is 0 Å². The SMILES string of the molecule is COc1nc(OC)nc(N2CCN(C3CCCCC3)CC2)n1. The third kappa shape index (κ3) is 3.40. The summed E-state index contributed by atoms with van der Waals surface area (Å²) in [7, 11) is 3.11.